The lowest BCUT2D eigenvalue weighted by molar-refractivity contribution is 0.246. The molecule has 2 N–H and O–H groups in total. The lowest BCUT2D eigenvalue weighted by atomic mass is 9.71. The van der Waals surface area contributed by atoms with Crippen molar-refractivity contribution in [3.05, 3.63) is 11.1 Å². The van der Waals surface area contributed by atoms with Gasteiger partial charge in [0.15, 0.2) is 0 Å². The van der Waals surface area contributed by atoms with Crippen molar-refractivity contribution >= 4 is 12.9 Å². The molecule has 2 nitrogen and oxygen atoms in total. The fraction of sp³-hybridized carbons (Fsp3) is 0.714. The highest BCUT2D eigenvalue weighted by Crippen LogP contribution is 2.37. The molecule has 0 spiro atoms. The summed E-state index contributed by atoms with van der Waals surface area (Å²) in [5.41, 5.74) is 9.12. The second-order valence-electron chi connectivity index (χ2n) is 5.83. The summed E-state index contributed by atoms with van der Waals surface area (Å²) in [5.74, 6) is 0. The zero-order valence-corrected chi connectivity index (χ0v) is 11.1. The van der Waals surface area contributed by atoms with Crippen LogP contribution in [0.4, 0.5) is 0 Å². The molecule has 0 aliphatic heterocycles. The Balaban J connectivity index is 2.82. The smallest absolute Gasteiger partial charge is 0.277 e. The average Bonchev–Trinajstić information content (AvgIpc) is 2.14. The van der Waals surface area contributed by atoms with Crippen molar-refractivity contribution in [2.24, 2.45) is 11.1 Å². The second kappa shape index (κ2) is 4.57. The van der Waals surface area contributed by atoms with E-state index >= 15 is 0 Å². The van der Waals surface area contributed by atoms with Gasteiger partial charge >= 0.3 is 0 Å². The first-order chi connectivity index (χ1) is 7.31. The molecule has 1 aliphatic rings. The first-order valence-corrected chi connectivity index (χ1v) is 6.07. The number of hydrogen-bond acceptors (Lipinski definition) is 1. The van der Waals surface area contributed by atoms with Crippen LogP contribution in [0.5, 0.6) is 0 Å². The van der Waals surface area contributed by atoms with Gasteiger partial charge in [-0.3, -0.25) is 0 Å². The molecule has 0 aromatic carbocycles. The predicted octanol–water partition coefficient (Wildman–Crippen LogP) is 2.46. The standard InChI is InChI=1S/C14H25N2/c1-11(9-14(15)7-6-8-14)12(2)13(3,4)10-16-5/h10H,5-9,15H2,1-4H3/q+1. The third-order valence-electron chi connectivity index (χ3n) is 3.99. The van der Waals surface area contributed by atoms with E-state index in [-0.39, 0.29) is 11.0 Å². The third-order valence-corrected chi connectivity index (χ3v) is 3.99. The highest BCUT2D eigenvalue weighted by Gasteiger charge is 2.34. The lowest BCUT2D eigenvalue weighted by Crippen LogP contribution is -2.46. The summed E-state index contributed by atoms with van der Waals surface area (Å²) in [6.45, 7) is 12.3. The van der Waals surface area contributed by atoms with Gasteiger partial charge in [0, 0.05) is 5.54 Å². The number of nitrogens with zero attached hydrogens (tertiary/aromatic N) is 1. The maximum Gasteiger partial charge on any atom is 0.277 e. The van der Waals surface area contributed by atoms with E-state index in [4.69, 9.17) is 5.73 Å². The van der Waals surface area contributed by atoms with Crippen LogP contribution in [0.1, 0.15) is 53.4 Å². The molecule has 16 heavy (non-hydrogen) atoms. The van der Waals surface area contributed by atoms with Gasteiger partial charge < -0.3 is 5.73 Å². The fourth-order valence-electron chi connectivity index (χ4n) is 2.34. The summed E-state index contributed by atoms with van der Waals surface area (Å²) in [6, 6.07) is 0. The van der Waals surface area contributed by atoms with Crippen LogP contribution in [0, 0.1) is 5.41 Å². The van der Waals surface area contributed by atoms with Crippen LogP contribution >= 0.6 is 0 Å². The Kier molecular flexibility index (Phi) is 3.77. The topological polar surface area (TPSA) is 40.1 Å². The van der Waals surface area contributed by atoms with Gasteiger partial charge in [-0.1, -0.05) is 11.1 Å². The molecule has 1 aliphatic carbocycles. The van der Waals surface area contributed by atoms with Crippen molar-refractivity contribution in [2.45, 2.75) is 58.9 Å². The van der Waals surface area contributed by atoms with Crippen molar-refractivity contribution in [2.75, 3.05) is 0 Å². The number of nitrogens with two attached hydrogens (primary N) is 1. The molecule has 1 saturated carbocycles. The Bertz CT molecular complexity index is 340. The number of rotatable bonds is 4. The van der Waals surface area contributed by atoms with E-state index in [1.165, 1.54) is 30.4 Å². The monoisotopic (exact) mass is 221 g/mol. The lowest BCUT2D eigenvalue weighted by Gasteiger charge is -2.39. The van der Waals surface area contributed by atoms with E-state index in [1.807, 2.05) is 6.21 Å². The molecule has 0 aromatic rings. The Morgan fingerprint density at radius 2 is 2.00 bits per heavy atom. The molecular weight excluding hydrogens is 196 g/mol. The molecule has 1 rings (SSSR count). The highest BCUT2D eigenvalue weighted by atomic mass is 14.8. The third kappa shape index (κ3) is 2.84. The quantitative estimate of drug-likeness (QED) is 0.442. The van der Waals surface area contributed by atoms with E-state index < -0.39 is 0 Å². The molecule has 90 valence electrons. The summed E-state index contributed by atoms with van der Waals surface area (Å²) in [4.78, 5) is 0. The van der Waals surface area contributed by atoms with Gasteiger partial charge in [-0.25, -0.2) is 0 Å². The van der Waals surface area contributed by atoms with Crippen molar-refractivity contribution in [3.63, 3.8) is 0 Å². The van der Waals surface area contributed by atoms with Crippen LogP contribution in [0.3, 0.4) is 0 Å². The molecule has 0 heterocycles. The van der Waals surface area contributed by atoms with Crippen LogP contribution in [0.25, 0.3) is 0 Å². The van der Waals surface area contributed by atoms with Crippen LogP contribution in [-0.4, -0.2) is 18.5 Å². The van der Waals surface area contributed by atoms with Crippen molar-refractivity contribution in [1.29, 1.82) is 0 Å². The SMILES string of the molecule is C=[N+]=CC(C)(C)C(C)=C(C)CC1(N)CCC1. The van der Waals surface area contributed by atoms with Crippen LogP contribution in [0.15, 0.2) is 11.1 Å². The van der Waals surface area contributed by atoms with E-state index in [2.05, 4.69) is 39.1 Å². The molecule has 1 fully saturated rings. The Hall–Kier alpha value is -0.850. The Labute approximate surface area is 99.4 Å². The Morgan fingerprint density at radius 1 is 1.44 bits per heavy atom. The van der Waals surface area contributed by atoms with Crippen molar-refractivity contribution < 1.29 is 0 Å². The zero-order chi connectivity index (χ0) is 12.4. The van der Waals surface area contributed by atoms with Gasteiger partial charge in [-0.2, -0.15) is 0 Å². The van der Waals surface area contributed by atoms with Gasteiger partial charge in [0.05, 0.1) is 5.41 Å². The van der Waals surface area contributed by atoms with Crippen LogP contribution in [-0.2, 0) is 0 Å². The molecule has 0 aromatic heterocycles. The van der Waals surface area contributed by atoms with E-state index in [0.29, 0.717) is 0 Å². The van der Waals surface area contributed by atoms with Crippen molar-refractivity contribution in [3.8, 4) is 0 Å². The summed E-state index contributed by atoms with van der Waals surface area (Å²) >= 11 is 0. The molecule has 2 heteroatoms. The van der Waals surface area contributed by atoms with Gasteiger partial charge in [0.2, 0.25) is 0 Å². The molecule has 0 bridgehead atoms. The number of hydrogen-bond donors (Lipinski definition) is 1. The largest absolute Gasteiger partial charge is 0.325 e. The predicted molar refractivity (Wildman–Crippen MR) is 72.9 cm³/mol. The summed E-state index contributed by atoms with van der Waals surface area (Å²) in [7, 11) is 0. The first-order valence-electron chi connectivity index (χ1n) is 6.07. The van der Waals surface area contributed by atoms with Gasteiger partial charge in [-0.15, -0.1) is 4.67 Å². The average molecular weight is 221 g/mol. The minimum atomic E-state index is -0.00800. The van der Waals surface area contributed by atoms with E-state index in [1.54, 1.807) is 0 Å². The van der Waals surface area contributed by atoms with Gasteiger partial charge in [-0.05, 0) is 53.4 Å². The van der Waals surface area contributed by atoms with E-state index in [9.17, 15) is 0 Å². The Morgan fingerprint density at radius 3 is 2.38 bits per heavy atom. The number of allylic oxidation sites excluding steroid dienone is 1. The normalized spacial score (nSPS) is 20.6. The molecule has 0 atom stereocenters. The minimum Gasteiger partial charge on any atom is -0.325 e. The van der Waals surface area contributed by atoms with Gasteiger partial charge in [0.25, 0.3) is 12.9 Å². The summed E-state index contributed by atoms with van der Waals surface area (Å²) < 4.78 is 3.90. The minimum absolute atomic E-state index is 0.00800. The first kappa shape index (κ1) is 13.2. The maximum atomic E-state index is 6.28. The van der Waals surface area contributed by atoms with Crippen molar-refractivity contribution in [1.82, 2.24) is 4.67 Å². The molecule has 0 amide bonds. The van der Waals surface area contributed by atoms with Crippen LogP contribution < -0.4 is 10.4 Å². The van der Waals surface area contributed by atoms with Gasteiger partial charge in [0.1, 0.15) is 0 Å². The summed E-state index contributed by atoms with van der Waals surface area (Å²) in [5, 5.41) is 0. The molecule has 0 saturated heterocycles. The molecule has 0 unspecified atom stereocenters. The van der Waals surface area contributed by atoms with E-state index in [0.717, 1.165) is 6.42 Å². The zero-order valence-electron chi connectivity index (χ0n) is 11.1. The second-order valence-corrected chi connectivity index (χ2v) is 5.83. The maximum absolute atomic E-state index is 6.28. The fourth-order valence-corrected chi connectivity index (χ4v) is 2.34. The summed E-state index contributed by atoms with van der Waals surface area (Å²) in [6.07, 6.45) is 6.55. The molecular formula is C14H25N2+. The molecule has 0 radical (unpaired) electrons. The van der Waals surface area contributed by atoms with Crippen LogP contribution in [0.2, 0.25) is 0 Å². The highest BCUT2D eigenvalue weighted by molar-refractivity contribution is 5.69.